The molecule has 13 heteroatoms. The normalized spacial score (nSPS) is 14.6. The smallest absolute Gasteiger partial charge is 0.338 e. The van der Waals surface area contributed by atoms with Crippen molar-refractivity contribution in [3.05, 3.63) is 129 Å². The van der Waals surface area contributed by atoms with E-state index in [-0.39, 0.29) is 40.9 Å². The van der Waals surface area contributed by atoms with Gasteiger partial charge in [-0.3, -0.25) is 19.5 Å². The molecule has 46 heavy (non-hydrogen) atoms. The number of fused-ring (bicyclic) bond motifs is 1. The van der Waals surface area contributed by atoms with E-state index in [1.54, 1.807) is 38.1 Å². The first kappa shape index (κ1) is 32.8. The van der Waals surface area contributed by atoms with Crippen molar-refractivity contribution in [2.45, 2.75) is 46.4 Å². The van der Waals surface area contributed by atoms with Crippen LogP contribution in [0.25, 0.3) is 6.08 Å². The van der Waals surface area contributed by atoms with E-state index in [4.69, 9.17) is 14.2 Å². The Hall–Kier alpha value is -4.62. The van der Waals surface area contributed by atoms with Crippen LogP contribution < -0.4 is 24.4 Å². The average Bonchev–Trinajstić information content (AvgIpc) is 3.30. The molecule has 1 aromatic heterocycles. The van der Waals surface area contributed by atoms with E-state index in [2.05, 4.69) is 20.9 Å². The summed E-state index contributed by atoms with van der Waals surface area (Å²) in [5.74, 6) is -0.510. The fourth-order valence-corrected chi connectivity index (χ4v) is 6.63. The lowest BCUT2D eigenvalue weighted by Gasteiger charge is -2.26. The Morgan fingerprint density at radius 3 is 2.59 bits per heavy atom. The van der Waals surface area contributed by atoms with Crippen molar-refractivity contribution in [1.29, 1.82) is 0 Å². The van der Waals surface area contributed by atoms with Gasteiger partial charge in [0.05, 0.1) is 37.9 Å². The number of hydrogen-bond acceptors (Lipinski definition) is 9. The molecular weight excluding hydrogens is 681 g/mol. The molecule has 1 atom stereocenters. The number of para-hydroxylation sites is 1. The van der Waals surface area contributed by atoms with E-state index in [1.807, 2.05) is 19.9 Å². The number of thiazole rings is 1. The summed E-state index contributed by atoms with van der Waals surface area (Å²) in [4.78, 5) is 43.8. The molecule has 0 saturated heterocycles. The van der Waals surface area contributed by atoms with Gasteiger partial charge in [-0.15, -0.1) is 0 Å². The number of nitro benzene ring substituents is 1. The maximum Gasteiger partial charge on any atom is 0.338 e. The van der Waals surface area contributed by atoms with E-state index < -0.39 is 28.3 Å². The molecule has 0 amide bonds. The van der Waals surface area contributed by atoms with Gasteiger partial charge in [-0.25, -0.2) is 14.2 Å². The average molecular weight is 711 g/mol. The molecule has 0 saturated carbocycles. The molecule has 0 aliphatic carbocycles. The highest BCUT2D eigenvalue weighted by Gasteiger charge is 2.35. The van der Waals surface area contributed by atoms with Crippen molar-refractivity contribution in [3.8, 4) is 11.5 Å². The summed E-state index contributed by atoms with van der Waals surface area (Å²) < 4.78 is 32.5. The van der Waals surface area contributed by atoms with Crippen LogP contribution in [0, 0.1) is 15.9 Å². The summed E-state index contributed by atoms with van der Waals surface area (Å²) in [7, 11) is 0. The molecule has 3 aromatic carbocycles. The van der Waals surface area contributed by atoms with Gasteiger partial charge in [-0.2, -0.15) is 0 Å². The summed E-state index contributed by atoms with van der Waals surface area (Å²) in [6.07, 6.45) is 1.35. The molecule has 4 aromatic rings. The highest BCUT2D eigenvalue weighted by Crippen LogP contribution is 2.38. The Bertz CT molecular complexity index is 2040. The van der Waals surface area contributed by atoms with E-state index in [0.717, 1.165) is 11.3 Å². The van der Waals surface area contributed by atoms with Gasteiger partial charge in [0.15, 0.2) is 4.80 Å². The molecule has 1 aliphatic heterocycles. The molecule has 2 heterocycles. The summed E-state index contributed by atoms with van der Waals surface area (Å²) in [6.45, 7) is 7.26. The van der Waals surface area contributed by atoms with Crippen molar-refractivity contribution in [2.75, 3.05) is 6.61 Å². The Balaban J connectivity index is 1.62. The number of aromatic nitrogens is 1. The fourth-order valence-electron chi connectivity index (χ4n) is 5.00. The second kappa shape index (κ2) is 13.8. The first-order chi connectivity index (χ1) is 22.0. The van der Waals surface area contributed by atoms with E-state index in [0.29, 0.717) is 37.4 Å². The number of rotatable bonds is 10. The molecule has 0 radical (unpaired) electrons. The highest BCUT2D eigenvalue weighted by molar-refractivity contribution is 9.10. The van der Waals surface area contributed by atoms with Gasteiger partial charge in [0.2, 0.25) is 5.75 Å². The van der Waals surface area contributed by atoms with Crippen LogP contribution in [0.15, 0.2) is 86.2 Å². The van der Waals surface area contributed by atoms with Crippen LogP contribution in [-0.4, -0.2) is 28.2 Å². The number of benzene rings is 3. The van der Waals surface area contributed by atoms with Gasteiger partial charge in [0.25, 0.3) is 5.56 Å². The Kier molecular flexibility index (Phi) is 9.82. The van der Waals surface area contributed by atoms with Gasteiger partial charge >= 0.3 is 11.7 Å². The van der Waals surface area contributed by atoms with Gasteiger partial charge in [0.1, 0.15) is 24.2 Å². The third kappa shape index (κ3) is 6.80. The van der Waals surface area contributed by atoms with Crippen molar-refractivity contribution < 1.29 is 28.3 Å². The van der Waals surface area contributed by atoms with Crippen LogP contribution in [0.4, 0.5) is 10.1 Å². The zero-order chi connectivity index (χ0) is 33.1. The van der Waals surface area contributed by atoms with Crippen molar-refractivity contribution in [3.63, 3.8) is 0 Å². The quantitative estimate of drug-likeness (QED) is 0.113. The number of carbonyl (C=O) groups excluding carboxylic acids is 1. The van der Waals surface area contributed by atoms with Crippen molar-refractivity contribution >= 4 is 45.0 Å². The maximum absolute atomic E-state index is 14.1. The first-order valence-corrected chi connectivity index (χ1v) is 15.9. The third-order valence-corrected chi connectivity index (χ3v) is 8.50. The zero-order valence-corrected chi connectivity index (χ0v) is 27.7. The minimum Gasteiger partial charge on any atom is -0.491 e. The number of halogens is 2. The molecule has 1 aliphatic rings. The molecule has 0 spiro atoms. The summed E-state index contributed by atoms with van der Waals surface area (Å²) in [5.41, 5.74) is 1.41. The van der Waals surface area contributed by atoms with Crippen LogP contribution >= 0.6 is 27.3 Å². The Morgan fingerprint density at radius 2 is 1.91 bits per heavy atom. The molecule has 0 bridgehead atoms. The number of hydrogen-bond donors (Lipinski definition) is 0. The number of nitro groups is 1. The minimum absolute atomic E-state index is 0.00982. The summed E-state index contributed by atoms with van der Waals surface area (Å²) in [5, 5.41) is 12.1. The lowest BCUT2D eigenvalue weighted by molar-refractivity contribution is -0.386. The van der Waals surface area contributed by atoms with E-state index in [9.17, 15) is 24.1 Å². The van der Waals surface area contributed by atoms with Crippen LogP contribution in [0.1, 0.15) is 50.4 Å². The molecular formula is C33H29BrFN3O7S. The van der Waals surface area contributed by atoms with Crippen molar-refractivity contribution in [2.24, 2.45) is 4.99 Å². The summed E-state index contributed by atoms with van der Waals surface area (Å²) in [6, 6.07) is 14.8. The molecule has 5 rings (SSSR count). The zero-order valence-electron chi connectivity index (χ0n) is 25.3. The van der Waals surface area contributed by atoms with Gasteiger partial charge in [-0.05, 0) is 85.1 Å². The number of ether oxygens (including phenoxy) is 3. The van der Waals surface area contributed by atoms with Crippen LogP contribution in [-0.2, 0) is 16.1 Å². The Labute approximate surface area is 275 Å². The largest absolute Gasteiger partial charge is 0.491 e. The standard InChI is InChI=1S/C33H29BrFN3O7S/c1-5-43-32(40)28-19(4)36-33-37(29(28)23-8-6-7-9-26(23)45-18(2)3)31(39)27(46-33)16-21-14-24(34)30(25(15-21)38(41)42)44-17-20-10-12-22(35)13-11-20/h6-16,18,29H,5,17H2,1-4H3/b27-16-/t29-/m0/s1. The van der Waals surface area contributed by atoms with Gasteiger partial charge in [0, 0.05) is 11.6 Å². The van der Waals surface area contributed by atoms with Crippen LogP contribution in [0.2, 0.25) is 0 Å². The number of allylic oxidation sites excluding steroid dienone is 1. The molecule has 10 nitrogen and oxygen atoms in total. The summed E-state index contributed by atoms with van der Waals surface area (Å²) >= 11 is 4.47. The first-order valence-electron chi connectivity index (χ1n) is 14.3. The predicted molar refractivity (Wildman–Crippen MR) is 174 cm³/mol. The number of esters is 1. The number of nitrogens with zero attached hydrogens (tertiary/aromatic N) is 3. The predicted octanol–water partition coefficient (Wildman–Crippen LogP) is 5.97. The maximum atomic E-state index is 14.1. The second-order valence-corrected chi connectivity index (χ2v) is 12.4. The molecule has 238 valence electrons. The SMILES string of the molecule is CCOC(=O)C1=C(C)N=c2s/c(=C\c3cc(Br)c(OCc4ccc(F)cc4)c([N+](=O)[O-])c3)c(=O)n2[C@H]1c1ccccc1OC(C)C. The number of carbonyl (C=O) groups is 1. The molecule has 0 fully saturated rings. The van der Waals surface area contributed by atoms with Gasteiger partial charge in [-0.1, -0.05) is 41.7 Å². The Morgan fingerprint density at radius 1 is 1.20 bits per heavy atom. The monoisotopic (exact) mass is 709 g/mol. The van der Waals surface area contributed by atoms with E-state index in [1.165, 1.54) is 41.0 Å². The molecule has 0 N–H and O–H groups in total. The van der Waals surface area contributed by atoms with Crippen molar-refractivity contribution in [1.82, 2.24) is 4.57 Å². The van der Waals surface area contributed by atoms with E-state index >= 15 is 0 Å². The van der Waals surface area contributed by atoms with Crippen LogP contribution in [0.5, 0.6) is 11.5 Å². The lowest BCUT2D eigenvalue weighted by atomic mass is 9.95. The lowest BCUT2D eigenvalue weighted by Crippen LogP contribution is -2.40. The molecule has 0 unspecified atom stereocenters. The minimum atomic E-state index is -0.893. The highest BCUT2D eigenvalue weighted by atomic mass is 79.9. The van der Waals surface area contributed by atoms with Gasteiger partial charge < -0.3 is 14.2 Å². The fraction of sp³-hybridized carbons (Fsp3) is 0.242. The second-order valence-electron chi connectivity index (χ2n) is 10.5. The topological polar surface area (TPSA) is 122 Å². The third-order valence-electron chi connectivity index (χ3n) is 6.93. The van der Waals surface area contributed by atoms with Crippen LogP contribution in [0.3, 0.4) is 0 Å².